The number of carbonyl (C=O) groups excluding carboxylic acids is 4. The maximum atomic E-state index is 13.4. The van der Waals surface area contributed by atoms with Crippen molar-refractivity contribution in [1.82, 2.24) is 25.4 Å². The first-order valence-electron chi connectivity index (χ1n) is 12.5. The van der Waals surface area contributed by atoms with E-state index in [1.165, 1.54) is 22.0 Å². The van der Waals surface area contributed by atoms with E-state index < -0.39 is 48.8 Å². The SMILES string of the molecule is CCN1CCN(C(=O)NC(C(=O)N[C@H]2Cc3ccc(SCCN)c(C(=O)O)c3OB2O)c2csc(N)n2)C(=O)C1=O. The molecule has 5 amide bonds. The Hall–Kier alpha value is -3.87. The van der Waals surface area contributed by atoms with Crippen LogP contribution in [-0.2, 0) is 20.8 Å². The van der Waals surface area contributed by atoms with Gasteiger partial charge in [0, 0.05) is 42.2 Å². The molecule has 8 N–H and O–H groups in total. The van der Waals surface area contributed by atoms with Crippen LogP contribution in [0.2, 0.25) is 0 Å². The average Bonchev–Trinajstić information content (AvgIpc) is 3.37. The number of benzene rings is 1. The summed E-state index contributed by atoms with van der Waals surface area (Å²) in [4.78, 5) is 69.7. The van der Waals surface area contributed by atoms with Crippen LogP contribution in [0.3, 0.4) is 0 Å². The summed E-state index contributed by atoms with van der Waals surface area (Å²) >= 11 is 2.26. The molecule has 0 aliphatic carbocycles. The van der Waals surface area contributed by atoms with Gasteiger partial charge >= 0.3 is 30.9 Å². The summed E-state index contributed by atoms with van der Waals surface area (Å²) in [7, 11) is -1.63. The third kappa shape index (κ3) is 6.40. The number of thioether (sulfide) groups is 1. The summed E-state index contributed by atoms with van der Waals surface area (Å²) in [5.41, 5.74) is 11.7. The second kappa shape index (κ2) is 12.8. The van der Waals surface area contributed by atoms with Crippen molar-refractivity contribution >= 4 is 65.1 Å². The Morgan fingerprint density at radius 2 is 2.05 bits per heavy atom. The minimum Gasteiger partial charge on any atom is -0.534 e. The second-order valence-electron chi connectivity index (χ2n) is 9.03. The lowest BCUT2D eigenvalue weighted by Crippen LogP contribution is -2.60. The smallest absolute Gasteiger partial charge is 0.534 e. The number of carboxylic acids is 1. The highest BCUT2D eigenvalue weighted by Crippen LogP contribution is 2.37. The van der Waals surface area contributed by atoms with Gasteiger partial charge in [0.15, 0.2) is 11.2 Å². The van der Waals surface area contributed by atoms with Crippen LogP contribution < -0.4 is 26.8 Å². The van der Waals surface area contributed by atoms with Crippen molar-refractivity contribution in [3.05, 3.63) is 34.3 Å². The standard InChI is InChI=1S/C23H28BN7O8S2/c1-2-30-6-7-31(20(34)19(30)33)23(37)29-16(12-10-41-22(26)27-12)18(32)28-14-9-11-3-4-13(40-8-5-25)15(21(35)36)17(11)39-24(14)38/h3-4,10,14,16,38H,2,5-9,25H2,1H3,(H2,26,27)(H,28,32)(H,29,37)(H,35,36)/t14-,16?/m0/s1. The third-order valence-electron chi connectivity index (χ3n) is 6.44. The largest absolute Gasteiger partial charge is 0.547 e. The van der Waals surface area contributed by atoms with E-state index in [1.807, 2.05) is 0 Å². The Morgan fingerprint density at radius 1 is 1.29 bits per heavy atom. The number of nitrogens with one attached hydrogen (secondary N) is 2. The minimum absolute atomic E-state index is 0.0101. The van der Waals surface area contributed by atoms with E-state index in [0.717, 1.165) is 11.3 Å². The normalized spacial score (nSPS) is 17.5. The number of rotatable bonds is 9. The molecule has 1 unspecified atom stereocenters. The fourth-order valence-electron chi connectivity index (χ4n) is 4.40. The molecule has 0 spiro atoms. The number of anilines is 1. The molecule has 0 bridgehead atoms. The molecule has 41 heavy (non-hydrogen) atoms. The zero-order valence-electron chi connectivity index (χ0n) is 21.9. The van der Waals surface area contributed by atoms with Crippen molar-refractivity contribution < 1.29 is 38.8 Å². The number of nitrogens with zero attached hydrogens (tertiary/aromatic N) is 3. The average molecular weight is 605 g/mol. The highest BCUT2D eigenvalue weighted by atomic mass is 32.2. The van der Waals surface area contributed by atoms with Gasteiger partial charge in [-0.15, -0.1) is 23.1 Å². The van der Waals surface area contributed by atoms with Gasteiger partial charge in [0.2, 0.25) is 5.91 Å². The molecule has 1 aromatic carbocycles. The lowest BCUT2D eigenvalue weighted by molar-refractivity contribution is -0.153. The van der Waals surface area contributed by atoms with Gasteiger partial charge in [-0.05, 0) is 25.0 Å². The number of piperazine rings is 1. The summed E-state index contributed by atoms with van der Waals surface area (Å²) in [5, 5.41) is 27.1. The number of fused-ring (bicyclic) bond motifs is 1. The van der Waals surface area contributed by atoms with Crippen LogP contribution in [0.1, 0.15) is 34.6 Å². The molecule has 3 heterocycles. The Labute approximate surface area is 242 Å². The van der Waals surface area contributed by atoms with Crippen LogP contribution in [0.15, 0.2) is 22.4 Å². The molecule has 0 radical (unpaired) electrons. The molecule has 218 valence electrons. The summed E-state index contributed by atoms with van der Waals surface area (Å²) < 4.78 is 5.57. The van der Waals surface area contributed by atoms with Crippen molar-refractivity contribution in [2.75, 3.05) is 37.7 Å². The Bertz CT molecular complexity index is 1380. The summed E-state index contributed by atoms with van der Waals surface area (Å²) in [6, 6.07) is 0.830. The van der Waals surface area contributed by atoms with Gasteiger partial charge in [0.1, 0.15) is 11.3 Å². The molecule has 4 rings (SSSR count). The van der Waals surface area contributed by atoms with E-state index in [0.29, 0.717) is 34.2 Å². The van der Waals surface area contributed by atoms with Gasteiger partial charge in [-0.3, -0.25) is 19.3 Å². The van der Waals surface area contributed by atoms with Gasteiger partial charge in [-0.1, -0.05) is 6.07 Å². The maximum Gasteiger partial charge on any atom is 0.547 e. The second-order valence-corrected chi connectivity index (χ2v) is 11.1. The number of urea groups is 1. The van der Waals surface area contributed by atoms with Crippen molar-refractivity contribution in [2.24, 2.45) is 5.73 Å². The highest BCUT2D eigenvalue weighted by Gasteiger charge is 2.41. The van der Waals surface area contributed by atoms with Crippen molar-refractivity contribution in [3.63, 3.8) is 0 Å². The number of thiazole rings is 1. The number of aromatic carboxylic acids is 1. The van der Waals surface area contributed by atoms with E-state index in [2.05, 4.69) is 15.6 Å². The number of carboxylic acid groups (broad SMARTS) is 1. The lowest BCUT2D eigenvalue weighted by atomic mass is 9.72. The molecule has 1 aromatic heterocycles. The fourth-order valence-corrected chi connectivity index (χ4v) is 5.82. The van der Waals surface area contributed by atoms with E-state index >= 15 is 0 Å². The first-order chi connectivity index (χ1) is 19.5. The number of nitrogens with two attached hydrogens (primary N) is 2. The van der Waals surface area contributed by atoms with Crippen molar-refractivity contribution in [3.8, 4) is 5.75 Å². The van der Waals surface area contributed by atoms with Crippen LogP contribution in [-0.4, -0.2) is 99.6 Å². The molecule has 2 atom stereocenters. The maximum absolute atomic E-state index is 13.4. The van der Waals surface area contributed by atoms with Gasteiger partial charge in [-0.2, -0.15) is 0 Å². The number of aromatic nitrogens is 1. The van der Waals surface area contributed by atoms with Gasteiger partial charge in [0.05, 0.1) is 11.6 Å². The quantitative estimate of drug-likeness (QED) is 0.116. The van der Waals surface area contributed by atoms with Gasteiger partial charge in [0.25, 0.3) is 0 Å². The lowest BCUT2D eigenvalue weighted by Gasteiger charge is -2.33. The van der Waals surface area contributed by atoms with Crippen LogP contribution in [0.4, 0.5) is 9.93 Å². The van der Waals surface area contributed by atoms with Crippen molar-refractivity contribution in [1.29, 1.82) is 0 Å². The zero-order valence-corrected chi connectivity index (χ0v) is 23.5. The zero-order chi connectivity index (χ0) is 29.8. The van der Waals surface area contributed by atoms with Crippen molar-refractivity contribution in [2.45, 2.75) is 30.2 Å². The van der Waals surface area contributed by atoms with Gasteiger partial charge in [-0.25, -0.2) is 14.6 Å². The molecular weight excluding hydrogens is 577 g/mol. The molecule has 15 nitrogen and oxygen atoms in total. The van der Waals surface area contributed by atoms with E-state index in [-0.39, 0.29) is 41.6 Å². The van der Waals surface area contributed by atoms with Crippen LogP contribution in [0.25, 0.3) is 0 Å². The highest BCUT2D eigenvalue weighted by molar-refractivity contribution is 7.99. The van der Waals surface area contributed by atoms with E-state index in [4.69, 9.17) is 16.1 Å². The number of imide groups is 1. The van der Waals surface area contributed by atoms with Crippen LogP contribution >= 0.6 is 23.1 Å². The predicted octanol–water partition coefficient (Wildman–Crippen LogP) is -0.945. The third-order valence-corrected chi connectivity index (χ3v) is 8.22. The fraction of sp³-hybridized carbons (Fsp3) is 0.391. The summed E-state index contributed by atoms with van der Waals surface area (Å²) in [5.74, 6) is -4.48. The van der Waals surface area contributed by atoms with E-state index in [1.54, 1.807) is 19.1 Å². The molecule has 18 heteroatoms. The Balaban J connectivity index is 1.53. The molecule has 2 aliphatic rings. The number of carbonyl (C=O) groups is 5. The van der Waals surface area contributed by atoms with Crippen LogP contribution in [0, 0.1) is 0 Å². The number of hydrogen-bond acceptors (Lipinski definition) is 12. The topological polar surface area (TPSA) is 231 Å². The monoisotopic (exact) mass is 605 g/mol. The number of likely N-dealkylation sites (N-methyl/N-ethyl adjacent to an activating group) is 1. The Kier molecular flexibility index (Phi) is 9.37. The molecule has 2 aromatic rings. The number of amides is 5. The first-order valence-corrected chi connectivity index (χ1v) is 14.4. The molecule has 2 aliphatic heterocycles. The molecule has 1 saturated heterocycles. The number of hydrogen-bond donors (Lipinski definition) is 6. The Morgan fingerprint density at radius 3 is 2.68 bits per heavy atom. The first kappa shape index (κ1) is 30.1. The summed E-state index contributed by atoms with van der Waals surface area (Å²) in [6.07, 6.45) is 0.0101. The predicted molar refractivity (Wildman–Crippen MR) is 149 cm³/mol. The van der Waals surface area contributed by atoms with E-state index in [9.17, 15) is 34.1 Å². The molecular formula is C23H28BN7O8S2. The number of nitrogen functional groups attached to an aromatic ring is 1. The van der Waals surface area contributed by atoms with Crippen LogP contribution in [0.5, 0.6) is 5.75 Å². The minimum atomic E-state index is -1.63. The molecule has 0 saturated carbocycles. The van der Waals surface area contributed by atoms with Gasteiger partial charge < -0.3 is 41.8 Å². The molecule has 1 fully saturated rings. The summed E-state index contributed by atoms with van der Waals surface area (Å²) in [6.45, 7) is 2.42.